The molecule has 3 heterocycles. The first kappa shape index (κ1) is 17.1. The maximum atomic E-state index is 13.0. The summed E-state index contributed by atoms with van der Waals surface area (Å²) < 4.78 is 5.37. The van der Waals surface area contributed by atoms with Gasteiger partial charge in [-0.2, -0.15) is 0 Å². The van der Waals surface area contributed by atoms with Gasteiger partial charge in [-0.3, -0.25) is 9.69 Å². The molecule has 0 spiro atoms. The van der Waals surface area contributed by atoms with Crippen molar-refractivity contribution in [3.05, 3.63) is 0 Å². The maximum Gasteiger partial charge on any atom is 0.229 e. The fraction of sp³-hybridized carbons (Fsp3) is 0.941. The molecule has 3 aliphatic rings. The van der Waals surface area contributed by atoms with Crippen LogP contribution in [-0.2, 0) is 9.53 Å². The molecule has 0 aromatic rings. The summed E-state index contributed by atoms with van der Waals surface area (Å²) in [4.78, 5) is 19.4. The van der Waals surface area contributed by atoms with Gasteiger partial charge in [-0.15, -0.1) is 0 Å². The molecule has 0 bridgehead atoms. The number of piperidine rings is 1. The van der Waals surface area contributed by atoms with Crippen LogP contribution in [0.1, 0.15) is 26.2 Å². The minimum Gasteiger partial charge on any atom is -0.387 e. The predicted molar refractivity (Wildman–Crippen MR) is 88.2 cm³/mol. The van der Waals surface area contributed by atoms with E-state index >= 15 is 0 Å². The monoisotopic (exact) mass is 325 g/mol. The Kier molecular flexibility index (Phi) is 4.97. The Labute approximate surface area is 139 Å². The first-order valence-electron chi connectivity index (χ1n) is 8.91. The molecule has 23 heavy (non-hydrogen) atoms. The number of rotatable bonds is 3. The van der Waals surface area contributed by atoms with E-state index in [4.69, 9.17) is 4.74 Å². The zero-order chi connectivity index (χ0) is 16.5. The number of β-amino-alcohol motifs (C(OH)–C–C–N with tert-alkyl or cyclic N) is 1. The van der Waals surface area contributed by atoms with Gasteiger partial charge in [0.05, 0.1) is 30.8 Å². The van der Waals surface area contributed by atoms with Gasteiger partial charge in [-0.25, -0.2) is 0 Å². The molecule has 0 aromatic carbocycles. The molecule has 2 unspecified atom stereocenters. The minimum absolute atomic E-state index is 0.224. The van der Waals surface area contributed by atoms with Crippen LogP contribution in [0.5, 0.6) is 0 Å². The molecule has 6 nitrogen and oxygen atoms in total. The van der Waals surface area contributed by atoms with E-state index in [1.807, 2.05) is 4.90 Å². The van der Waals surface area contributed by atoms with E-state index < -0.39 is 5.60 Å². The maximum absolute atomic E-state index is 13.0. The van der Waals surface area contributed by atoms with Crippen molar-refractivity contribution >= 4 is 5.91 Å². The predicted octanol–water partition coefficient (Wildman–Crippen LogP) is 0.0139. The van der Waals surface area contributed by atoms with Gasteiger partial charge in [0.1, 0.15) is 0 Å². The number of amides is 1. The van der Waals surface area contributed by atoms with E-state index in [9.17, 15) is 9.90 Å². The quantitative estimate of drug-likeness (QED) is 0.792. The van der Waals surface area contributed by atoms with Crippen LogP contribution in [0.25, 0.3) is 0 Å². The van der Waals surface area contributed by atoms with Crippen molar-refractivity contribution in [2.75, 3.05) is 66.1 Å². The molecule has 3 saturated heterocycles. The standard InChI is InChI=1S/C17H31N3O3/c1-16(4-3-6-18(2)12-16)15(21)20-7-5-17(22,14-20)13-19-8-10-23-11-9-19/h22H,3-14H2,1-2H3. The summed E-state index contributed by atoms with van der Waals surface area (Å²) in [7, 11) is 2.09. The van der Waals surface area contributed by atoms with E-state index in [-0.39, 0.29) is 11.3 Å². The molecule has 6 heteroatoms. The summed E-state index contributed by atoms with van der Waals surface area (Å²) in [5.41, 5.74) is -1.05. The third-order valence-electron chi connectivity index (χ3n) is 5.64. The summed E-state index contributed by atoms with van der Waals surface area (Å²) in [6.07, 6.45) is 2.71. The Hall–Kier alpha value is -0.690. The normalized spacial score (nSPS) is 37.3. The average molecular weight is 325 g/mol. The van der Waals surface area contributed by atoms with E-state index in [2.05, 4.69) is 23.8 Å². The van der Waals surface area contributed by atoms with E-state index in [1.54, 1.807) is 0 Å². The zero-order valence-corrected chi connectivity index (χ0v) is 14.6. The molecule has 0 aliphatic carbocycles. The highest BCUT2D eigenvalue weighted by Gasteiger charge is 2.45. The third kappa shape index (κ3) is 3.87. The number of morpholine rings is 1. The summed E-state index contributed by atoms with van der Waals surface area (Å²) in [6.45, 7) is 9.01. The third-order valence-corrected chi connectivity index (χ3v) is 5.64. The zero-order valence-electron chi connectivity index (χ0n) is 14.6. The summed E-state index contributed by atoms with van der Waals surface area (Å²) in [6, 6.07) is 0. The number of hydrogen-bond donors (Lipinski definition) is 1. The molecule has 1 N–H and O–H groups in total. The van der Waals surface area contributed by atoms with Crippen molar-refractivity contribution in [1.29, 1.82) is 0 Å². The van der Waals surface area contributed by atoms with Gasteiger partial charge < -0.3 is 19.6 Å². The van der Waals surface area contributed by atoms with Gasteiger partial charge in [0.15, 0.2) is 0 Å². The van der Waals surface area contributed by atoms with Gasteiger partial charge in [-0.05, 0) is 39.8 Å². The second kappa shape index (κ2) is 6.67. The molecule has 3 rings (SSSR count). The Morgan fingerprint density at radius 2 is 1.87 bits per heavy atom. The van der Waals surface area contributed by atoms with Gasteiger partial charge in [0.25, 0.3) is 0 Å². The lowest BCUT2D eigenvalue weighted by molar-refractivity contribution is -0.144. The van der Waals surface area contributed by atoms with Crippen molar-refractivity contribution in [3.8, 4) is 0 Å². The molecular formula is C17H31N3O3. The van der Waals surface area contributed by atoms with Crippen LogP contribution >= 0.6 is 0 Å². The number of nitrogens with zero attached hydrogens (tertiary/aromatic N) is 3. The lowest BCUT2D eigenvalue weighted by Crippen LogP contribution is -2.52. The molecule has 2 atom stereocenters. The Morgan fingerprint density at radius 3 is 2.57 bits per heavy atom. The minimum atomic E-state index is -0.760. The van der Waals surface area contributed by atoms with E-state index in [0.29, 0.717) is 26.1 Å². The number of hydrogen-bond acceptors (Lipinski definition) is 5. The summed E-state index contributed by atoms with van der Waals surface area (Å²) in [5, 5.41) is 10.9. The fourth-order valence-electron chi connectivity index (χ4n) is 4.38. The van der Waals surface area contributed by atoms with Crippen LogP contribution in [0.2, 0.25) is 0 Å². The van der Waals surface area contributed by atoms with Crippen LogP contribution < -0.4 is 0 Å². The molecule has 0 saturated carbocycles. The first-order chi connectivity index (χ1) is 10.9. The van der Waals surface area contributed by atoms with Crippen molar-refractivity contribution in [3.63, 3.8) is 0 Å². The van der Waals surface area contributed by atoms with Crippen LogP contribution in [0.4, 0.5) is 0 Å². The smallest absolute Gasteiger partial charge is 0.229 e. The number of carbonyl (C=O) groups excluding carboxylic acids is 1. The van der Waals surface area contributed by atoms with Crippen LogP contribution in [0.15, 0.2) is 0 Å². The van der Waals surface area contributed by atoms with Gasteiger partial charge in [0, 0.05) is 32.7 Å². The molecule has 3 aliphatic heterocycles. The second-order valence-corrected chi connectivity index (χ2v) is 7.99. The van der Waals surface area contributed by atoms with Crippen molar-refractivity contribution in [1.82, 2.24) is 14.7 Å². The van der Waals surface area contributed by atoms with Gasteiger partial charge in [0.2, 0.25) is 5.91 Å². The largest absolute Gasteiger partial charge is 0.387 e. The van der Waals surface area contributed by atoms with E-state index in [0.717, 1.165) is 52.2 Å². The lowest BCUT2D eigenvalue weighted by Gasteiger charge is -2.40. The first-order valence-corrected chi connectivity index (χ1v) is 8.91. The highest BCUT2D eigenvalue weighted by molar-refractivity contribution is 5.83. The molecule has 3 fully saturated rings. The topological polar surface area (TPSA) is 56.2 Å². The fourth-order valence-corrected chi connectivity index (χ4v) is 4.38. The second-order valence-electron chi connectivity index (χ2n) is 7.99. The van der Waals surface area contributed by atoms with Crippen molar-refractivity contribution in [2.24, 2.45) is 5.41 Å². The van der Waals surface area contributed by atoms with Crippen LogP contribution in [-0.4, -0.2) is 97.4 Å². The highest BCUT2D eigenvalue weighted by atomic mass is 16.5. The summed E-state index contributed by atoms with van der Waals surface area (Å²) >= 11 is 0. The van der Waals surface area contributed by atoms with E-state index in [1.165, 1.54) is 0 Å². The highest BCUT2D eigenvalue weighted by Crippen LogP contribution is 2.34. The van der Waals surface area contributed by atoms with Crippen LogP contribution in [0.3, 0.4) is 0 Å². The summed E-state index contributed by atoms with van der Waals surface area (Å²) in [5.74, 6) is 0.224. The van der Waals surface area contributed by atoms with Crippen molar-refractivity contribution in [2.45, 2.75) is 31.8 Å². The van der Waals surface area contributed by atoms with Gasteiger partial charge in [-0.1, -0.05) is 0 Å². The van der Waals surface area contributed by atoms with Crippen molar-refractivity contribution < 1.29 is 14.6 Å². The number of carbonyl (C=O) groups is 1. The number of likely N-dealkylation sites (tertiary alicyclic amines) is 2. The molecule has 132 valence electrons. The number of aliphatic hydroxyl groups is 1. The Morgan fingerprint density at radius 1 is 1.13 bits per heavy atom. The molecule has 0 aromatic heterocycles. The number of ether oxygens (including phenoxy) is 1. The lowest BCUT2D eigenvalue weighted by atomic mass is 9.80. The Bertz CT molecular complexity index is 441. The Balaban J connectivity index is 1.58. The van der Waals surface area contributed by atoms with Crippen LogP contribution in [0, 0.1) is 5.41 Å². The SMILES string of the molecule is CN1CCCC(C)(C(=O)N2CCC(O)(CN3CCOCC3)C2)C1. The molecule has 0 radical (unpaired) electrons. The molecular weight excluding hydrogens is 294 g/mol. The average Bonchev–Trinajstić information content (AvgIpc) is 2.89. The molecule has 1 amide bonds. The van der Waals surface area contributed by atoms with Gasteiger partial charge >= 0.3 is 0 Å².